The summed E-state index contributed by atoms with van der Waals surface area (Å²) < 4.78 is 5.64. The van der Waals surface area contributed by atoms with Gasteiger partial charge in [0.1, 0.15) is 5.60 Å². The summed E-state index contributed by atoms with van der Waals surface area (Å²) in [6.45, 7) is 7.56. The van der Waals surface area contributed by atoms with Crippen LogP contribution in [0, 0.1) is 0 Å². The van der Waals surface area contributed by atoms with Gasteiger partial charge in [-0.1, -0.05) is 30.3 Å². The van der Waals surface area contributed by atoms with Crippen molar-refractivity contribution in [3.63, 3.8) is 0 Å². The number of aliphatic hydroxyl groups excluding tert-OH is 1. The van der Waals surface area contributed by atoms with Crippen LogP contribution in [-0.4, -0.2) is 57.9 Å². The van der Waals surface area contributed by atoms with Gasteiger partial charge in [0.2, 0.25) is 0 Å². The second-order valence-corrected chi connectivity index (χ2v) is 8.18. The Bertz CT molecular complexity index is 584. The number of hydrogen-bond donors (Lipinski definition) is 1. The third kappa shape index (κ3) is 4.15. The smallest absolute Gasteiger partial charge is 0.410 e. The maximum absolute atomic E-state index is 12.7. The average Bonchev–Trinajstić information content (AvgIpc) is 2.87. The van der Waals surface area contributed by atoms with Gasteiger partial charge in [0, 0.05) is 31.8 Å². The topological polar surface area (TPSA) is 53.0 Å². The molecule has 0 aromatic heterocycles. The van der Waals surface area contributed by atoms with Crippen molar-refractivity contribution in [3.8, 4) is 0 Å². The quantitative estimate of drug-likeness (QED) is 0.910. The van der Waals surface area contributed by atoms with E-state index in [0.717, 1.165) is 25.9 Å². The minimum atomic E-state index is -0.482. The number of piperazine rings is 1. The Kier molecular flexibility index (Phi) is 5.35. The molecule has 1 amide bonds. The number of aliphatic hydroxyl groups is 1. The highest BCUT2D eigenvalue weighted by Gasteiger charge is 2.49. The van der Waals surface area contributed by atoms with Crippen molar-refractivity contribution < 1.29 is 14.6 Å². The van der Waals surface area contributed by atoms with Crippen molar-refractivity contribution in [3.05, 3.63) is 35.9 Å². The third-order valence-corrected chi connectivity index (χ3v) is 5.16. The first-order valence-electron chi connectivity index (χ1n) is 9.29. The molecule has 0 radical (unpaired) electrons. The van der Waals surface area contributed by atoms with E-state index in [1.54, 1.807) is 0 Å². The largest absolute Gasteiger partial charge is 0.444 e. The van der Waals surface area contributed by atoms with Crippen LogP contribution in [-0.2, 0) is 11.3 Å². The van der Waals surface area contributed by atoms with Crippen LogP contribution in [0.2, 0.25) is 0 Å². The molecule has 1 aromatic carbocycles. The lowest BCUT2D eigenvalue weighted by atomic mass is 9.99. The van der Waals surface area contributed by atoms with Gasteiger partial charge in [0.25, 0.3) is 0 Å². The average molecular weight is 346 g/mol. The first-order chi connectivity index (χ1) is 11.9. The van der Waals surface area contributed by atoms with Gasteiger partial charge < -0.3 is 9.84 Å². The van der Waals surface area contributed by atoms with Gasteiger partial charge in [0.05, 0.1) is 6.04 Å². The normalized spacial score (nSPS) is 26.7. The summed E-state index contributed by atoms with van der Waals surface area (Å²) in [5, 5.41) is 9.58. The van der Waals surface area contributed by atoms with E-state index in [4.69, 9.17) is 4.74 Å². The number of amides is 1. The Labute approximate surface area is 150 Å². The molecule has 0 spiro atoms. The number of hydrogen-bond acceptors (Lipinski definition) is 4. The van der Waals surface area contributed by atoms with Gasteiger partial charge in [0.15, 0.2) is 0 Å². The van der Waals surface area contributed by atoms with E-state index in [9.17, 15) is 9.90 Å². The molecule has 3 unspecified atom stereocenters. The first-order valence-corrected chi connectivity index (χ1v) is 9.29. The number of fused-ring (bicyclic) bond motifs is 2. The van der Waals surface area contributed by atoms with Gasteiger partial charge in [-0.25, -0.2) is 4.79 Å². The summed E-state index contributed by atoms with van der Waals surface area (Å²) in [6, 6.07) is 10.9. The Hall–Kier alpha value is -1.59. The lowest BCUT2D eigenvalue weighted by molar-refractivity contribution is -0.0286. The maximum atomic E-state index is 12.7. The Balaban J connectivity index is 1.77. The molecule has 1 N–H and O–H groups in total. The van der Waals surface area contributed by atoms with Crippen molar-refractivity contribution in [2.75, 3.05) is 13.2 Å². The molecule has 5 heteroatoms. The van der Waals surface area contributed by atoms with E-state index in [0.29, 0.717) is 6.42 Å². The van der Waals surface area contributed by atoms with Gasteiger partial charge >= 0.3 is 6.09 Å². The fraction of sp³-hybridized carbons (Fsp3) is 0.650. The molecular weight excluding hydrogens is 316 g/mol. The van der Waals surface area contributed by atoms with E-state index in [-0.39, 0.29) is 30.8 Å². The van der Waals surface area contributed by atoms with Crippen molar-refractivity contribution >= 4 is 6.09 Å². The molecule has 2 fully saturated rings. The highest BCUT2D eigenvalue weighted by Crippen LogP contribution is 2.37. The van der Waals surface area contributed by atoms with Crippen molar-refractivity contribution in [2.45, 2.75) is 70.3 Å². The predicted octanol–water partition coefficient (Wildman–Crippen LogP) is 3.02. The summed E-state index contributed by atoms with van der Waals surface area (Å²) in [5.41, 5.74) is 0.792. The minimum Gasteiger partial charge on any atom is -0.444 e. The van der Waals surface area contributed by atoms with E-state index < -0.39 is 5.60 Å². The van der Waals surface area contributed by atoms with Gasteiger partial charge in [-0.05, 0) is 45.6 Å². The lowest BCUT2D eigenvalue weighted by Gasteiger charge is -2.47. The summed E-state index contributed by atoms with van der Waals surface area (Å²) in [4.78, 5) is 17.1. The molecule has 2 saturated heterocycles. The van der Waals surface area contributed by atoms with Crippen LogP contribution in [0.5, 0.6) is 0 Å². The Morgan fingerprint density at radius 2 is 1.96 bits per heavy atom. The van der Waals surface area contributed by atoms with E-state index in [1.807, 2.05) is 31.7 Å². The fourth-order valence-electron chi connectivity index (χ4n) is 4.22. The van der Waals surface area contributed by atoms with Gasteiger partial charge in [-0.15, -0.1) is 0 Å². The van der Waals surface area contributed by atoms with Crippen LogP contribution >= 0.6 is 0 Å². The molecule has 2 aliphatic rings. The van der Waals surface area contributed by atoms with Crippen molar-refractivity contribution in [2.24, 2.45) is 0 Å². The first kappa shape index (κ1) is 18.2. The second-order valence-electron chi connectivity index (χ2n) is 8.18. The SMILES string of the molecule is CC(C)(C)OC(=O)N1C2CCC1C(CCO)N(Cc1ccccc1)C2. The van der Waals surface area contributed by atoms with E-state index in [2.05, 4.69) is 29.2 Å². The molecule has 1 aromatic rings. The van der Waals surface area contributed by atoms with Gasteiger partial charge in [-0.3, -0.25) is 9.80 Å². The number of carbonyl (C=O) groups excluding carboxylic acids is 1. The molecule has 2 aliphatic heterocycles. The number of ether oxygens (including phenoxy) is 1. The molecule has 25 heavy (non-hydrogen) atoms. The van der Waals surface area contributed by atoms with Crippen molar-refractivity contribution in [1.82, 2.24) is 9.80 Å². The molecule has 2 bridgehead atoms. The zero-order valence-corrected chi connectivity index (χ0v) is 15.5. The molecule has 0 aliphatic carbocycles. The molecule has 3 atom stereocenters. The molecular formula is C20H30N2O3. The molecule has 138 valence electrons. The maximum Gasteiger partial charge on any atom is 0.410 e. The number of carbonyl (C=O) groups is 1. The summed E-state index contributed by atoms with van der Waals surface area (Å²) in [7, 11) is 0. The molecule has 5 nitrogen and oxygen atoms in total. The number of benzene rings is 1. The zero-order chi connectivity index (χ0) is 18.0. The molecule has 2 heterocycles. The van der Waals surface area contributed by atoms with Crippen molar-refractivity contribution in [1.29, 1.82) is 0 Å². The highest BCUT2D eigenvalue weighted by molar-refractivity contribution is 5.70. The summed E-state index contributed by atoms with van der Waals surface area (Å²) in [6.07, 6.45) is 2.47. The van der Waals surface area contributed by atoms with E-state index >= 15 is 0 Å². The van der Waals surface area contributed by atoms with Crippen LogP contribution in [0.3, 0.4) is 0 Å². The van der Waals surface area contributed by atoms with Gasteiger partial charge in [-0.2, -0.15) is 0 Å². The van der Waals surface area contributed by atoms with Crippen LogP contribution in [0.15, 0.2) is 30.3 Å². The number of likely N-dealkylation sites (tertiary alicyclic amines) is 1. The summed E-state index contributed by atoms with van der Waals surface area (Å²) >= 11 is 0. The number of nitrogens with zero attached hydrogens (tertiary/aromatic N) is 2. The lowest BCUT2D eigenvalue weighted by Crippen LogP contribution is -2.61. The third-order valence-electron chi connectivity index (χ3n) is 5.16. The second kappa shape index (κ2) is 7.34. The zero-order valence-electron chi connectivity index (χ0n) is 15.5. The van der Waals surface area contributed by atoms with E-state index in [1.165, 1.54) is 5.56 Å². The monoisotopic (exact) mass is 346 g/mol. The minimum absolute atomic E-state index is 0.129. The van der Waals surface area contributed by atoms with Crippen LogP contribution in [0.1, 0.15) is 45.6 Å². The van der Waals surface area contributed by atoms with Crippen LogP contribution in [0.4, 0.5) is 4.79 Å². The predicted molar refractivity (Wildman–Crippen MR) is 97.2 cm³/mol. The molecule has 0 saturated carbocycles. The Morgan fingerprint density at radius 3 is 2.60 bits per heavy atom. The van der Waals surface area contributed by atoms with Crippen LogP contribution < -0.4 is 0 Å². The fourth-order valence-corrected chi connectivity index (χ4v) is 4.22. The standard InChI is InChI=1S/C20H30N2O3/c1-20(2,3)25-19(24)22-16-9-10-18(22)17(11-12-23)21(14-16)13-15-7-5-4-6-8-15/h4-8,16-18,23H,9-14H2,1-3H3. The van der Waals surface area contributed by atoms with Crippen LogP contribution in [0.25, 0.3) is 0 Å². The Morgan fingerprint density at radius 1 is 1.24 bits per heavy atom. The highest BCUT2D eigenvalue weighted by atomic mass is 16.6. The number of rotatable bonds is 4. The summed E-state index contributed by atoms with van der Waals surface area (Å²) in [5.74, 6) is 0. The molecule has 3 rings (SSSR count).